The maximum absolute atomic E-state index is 8.65. The molecule has 1 aliphatic heterocycles. The molecule has 5 heteroatoms. The zero-order valence-electron chi connectivity index (χ0n) is 9.42. The van der Waals surface area contributed by atoms with Crippen LogP contribution in [0.4, 0.5) is 5.82 Å². The zero-order chi connectivity index (χ0) is 11.5. The van der Waals surface area contributed by atoms with Gasteiger partial charge in [0.25, 0.3) is 0 Å². The summed E-state index contributed by atoms with van der Waals surface area (Å²) in [6, 6.07) is 5.76. The van der Waals surface area contributed by atoms with E-state index >= 15 is 0 Å². The average Bonchev–Trinajstić information content (AvgIpc) is 2.33. The van der Waals surface area contributed by atoms with Crippen molar-refractivity contribution in [2.24, 2.45) is 0 Å². The SMILES string of the molecule is CC1OCCN(c2ccc(C#N)nn2)C1C. The van der Waals surface area contributed by atoms with Crippen molar-refractivity contribution in [3.8, 4) is 6.07 Å². The first-order valence-corrected chi connectivity index (χ1v) is 5.34. The molecule has 0 aromatic carbocycles. The summed E-state index contributed by atoms with van der Waals surface area (Å²) >= 11 is 0. The van der Waals surface area contributed by atoms with Crippen LogP contribution in [0.3, 0.4) is 0 Å². The van der Waals surface area contributed by atoms with Gasteiger partial charge in [-0.25, -0.2) is 0 Å². The first-order valence-electron chi connectivity index (χ1n) is 5.34. The number of morpholine rings is 1. The normalized spacial score (nSPS) is 25.2. The number of anilines is 1. The van der Waals surface area contributed by atoms with E-state index in [2.05, 4.69) is 22.0 Å². The van der Waals surface area contributed by atoms with E-state index in [-0.39, 0.29) is 12.1 Å². The molecule has 84 valence electrons. The molecule has 0 amide bonds. The Balaban J connectivity index is 2.19. The highest BCUT2D eigenvalue weighted by atomic mass is 16.5. The first kappa shape index (κ1) is 10.8. The van der Waals surface area contributed by atoms with Gasteiger partial charge in [-0.15, -0.1) is 10.2 Å². The molecule has 0 N–H and O–H groups in total. The zero-order valence-corrected chi connectivity index (χ0v) is 9.42. The lowest BCUT2D eigenvalue weighted by atomic mass is 10.1. The number of hydrogen-bond donors (Lipinski definition) is 0. The van der Waals surface area contributed by atoms with Crippen LogP contribution >= 0.6 is 0 Å². The van der Waals surface area contributed by atoms with Crippen LogP contribution in [0.25, 0.3) is 0 Å². The predicted molar refractivity (Wildman–Crippen MR) is 59.0 cm³/mol. The molecule has 1 aromatic rings. The summed E-state index contributed by atoms with van der Waals surface area (Å²) in [5.41, 5.74) is 0.345. The maximum atomic E-state index is 8.65. The molecule has 0 radical (unpaired) electrons. The molecular formula is C11H14N4O. The van der Waals surface area contributed by atoms with Gasteiger partial charge in [0.05, 0.1) is 18.8 Å². The first-order chi connectivity index (χ1) is 7.72. The van der Waals surface area contributed by atoms with E-state index < -0.39 is 0 Å². The Morgan fingerprint density at radius 1 is 1.44 bits per heavy atom. The lowest BCUT2D eigenvalue weighted by molar-refractivity contribution is 0.0280. The highest BCUT2D eigenvalue weighted by Crippen LogP contribution is 2.19. The summed E-state index contributed by atoms with van der Waals surface area (Å²) in [6.07, 6.45) is 0.186. The fraction of sp³-hybridized carbons (Fsp3) is 0.545. The summed E-state index contributed by atoms with van der Waals surface area (Å²) < 4.78 is 5.54. The molecule has 0 bridgehead atoms. The van der Waals surface area contributed by atoms with Crippen molar-refractivity contribution in [1.82, 2.24) is 10.2 Å². The third-order valence-corrected chi connectivity index (χ3v) is 2.94. The van der Waals surface area contributed by atoms with Gasteiger partial charge in [0.1, 0.15) is 6.07 Å². The quantitative estimate of drug-likeness (QED) is 0.702. The summed E-state index contributed by atoms with van der Waals surface area (Å²) in [7, 11) is 0. The van der Waals surface area contributed by atoms with E-state index in [0.717, 1.165) is 12.4 Å². The minimum atomic E-state index is 0.186. The Morgan fingerprint density at radius 2 is 2.25 bits per heavy atom. The van der Waals surface area contributed by atoms with Gasteiger partial charge in [-0.2, -0.15) is 5.26 Å². The molecule has 1 saturated heterocycles. The van der Waals surface area contributed by atoms with Gasteiger partial charge in [0.2, 0.25) is 0 Å². The van der Waals surface area contributed by atoms with Crippen LogP contribution < -0.4 is 4.90 Å². The second-order valence-electron chi connectivity index (χ2n) is 3.90. The topological polar surface area (TPSA) is 62.0 Å². The fourth-order valence-corrected chi connectivity index (χ4v) is 1.79. The Kier molecular flexibility index (Phi) is 3.02. The molecular weight excluding hydrogens is 204 g/mol. The summed E-state index contributed by atoms with van der Waals surface area (Å²) in [5, 5.41) is 16.5. The molecule has 16 heavy (non-hydrogen) atoms. The molecule has 2 heterocycles. The van der Waals surface area contributed by atoms with Crippen molar-refractivity contribution in [3.05, 3.63) is 17.8 Å². The second kappa shape index (κ2) is 4.45. The summed E-state index contributed by atoms with van der Waals surface area (Å²) in [4.78, 5) is 2.16. The summed E-state index contributed by atoms with van der Waals surface area (Å²) in [5.74, 6) is 0.807. The third kappa shape index (κ3) is 1.97. The van der Waals surface area contributed by atoms with E-state index in [0.29, 0.717) is 12.3 Å². The van der Waals surface area contributed by atoms with Crippen LogP contribution in [-0.4, -0.2) is 35.5 Å². The van der Waals surface area contributed by atoms with E-state index in [9.17, 15) is 0 Å². The molecule has 0 saturated carbocycles. The van der Waals surface area contributed by atoms with E-state index in [1.54, 1.807) is 6.07 Å². The van der Waals surface area contributed by atoms with Crippen LogP contribution in [-0.2, 0) is 4.74 Å². The van der Waals surface area contributed by atoms with Crippen molar-refractivity contribution in [2.45, 2.75) is 26.0 Å². The van der Waals surface area contributed by atoms with Crippen LogP contribution in [0.5, 0.6) is 0 Å². The number of hydrogen-bond acceptors (Lipinski definition) is 5. The lowest BCUT2D eigenvalue weighted by Crippen LogP contribution is -2.49. The monoisotopic (exact) mass is 218 g/mol. The van der Waals surface area contributed by atoms with Gasteiger partial charge in [-0.05, 0) is 26.0 Å². The Bertz CT molecular complexity index is 397. The van der Waals surface area contributed by atoms with Gasteiger partial charge < -0.3 is 9.64 Å². The molecule has 0 spiro atoms. The largest absolute Gasteiger partial charge is 0.375 e. The molecule has 1 fully saturated rings. The molecule has 2 atom stereocenters. The number of nitriles is 1. The van der Waals surface area contributed by atoms with Gasteiger partial charge in [0, 0.05) is 6.54 Å². The Morgan fingerprint density at radius 3 is 2.88 bits per heavy atom. The van der Waals surface area contributed by atoms with Crippen molar-refractivity contribution in [1.29, 1.82) is 5.26 Å². The Labute approximate surface area is 94.7 Å². The van der Waals surface area contributed by atoms with E-state index in [1.165, 1.54) is 0 Å². The minimum Gasteiger partial charge on any atom is -0.375 e. The number of ether oxygens (including phenoxy) is 1. The number of nitrogens with zero attached hydrogens (tertiary/aromatic N) is 4. The van der Waals surface area contributed by atoms with Gasteiger partial charge in [0.15, 0.2) is 11.5 Å². The van der Waals surface area contributed by atoms with Crippen molar-refractivity contribution < 1.29 is 4.74 Å². The standard InChI is InChI=1S/C11H14N4O/c1-8-9(2)16-6-5-15(8)11-4-3-10(7-12)13-14-11/h3-4,8-9H,5-6H2,1-2H3. The molecule has 2 unspecified atom stereocenters. The molecule has 1 aromatic heterocycles. The van der Waals surface area contributed by atoms with E-state index in [1.807, 2.05) is 19.1 Å². The molecule has 0 aliphatic carbocycles. The van der Waals surface area contributed by atoms with Gasteiger partial charge in [-0.3, -0.25) is 0 Å². The van der Waals surface area contributed by atoms with Crippen LogP contribution in [0.15, 0.2) is 12.1 Å². The second-order valence-corrected chi connectivity index (χ2v) is 3.90. The minimum absolute atomic E-state index is 0.186. The van der Waals surface area contributed by atoms with Crippen molar-refractivity contribution in [2.75, 3.05) is 18.1 Å². The molecule has 5 nitrogen and oxygen atoms in total. The maximum Gasteiger partial charge on any atom is 0.163 e. The van der Waals surface area contributed by atoms with Gasteiger partial charge >= 0.3 is 0 Å². The van der Waals surface area contributed by atoms with Crippen molar-refractivity contribution in [3.63, 3.8) is 0 Å². The highest BCUT2D eigenvalue weighted by molar-refractivity contribution is 5.40. The van der Waals surface area contributed by atoms with Gasteiger partial charge in [-0.1, -0.05) is 0 Å². The average molecular weight is 218 g/mol. The lowest BCUT2D eigenvalue weighted by Gasteiger charge is -2.38. The number of rotatable bonds is 1. The van der Waals surface area contributed by atoms with Crippen molar-refractivity contribution >= 4 is 5.82 Å². The molecule has 1 aliphatic rings. The highest BCUT2D eigenvalue weighted by Gasteiger charge is 2.26. The Hall–Kier alpha value is -1.67. The number of aromatic nitrogens is 2. The van der Waals surface area contributed by atoms with Crippen LogP contribution in [0.1, 0.15) is 19.5 Å². The summed E-state index contributed by atoms with van der Waals surface area (Å²) in [6.45, 7) is 5.66. The van der Waals surface area contributed by atoms with Crippen LogP contribution in [0, 0.1) is 11.3 Å². The van der Waals surface area contributed by atoms with E-state index in [4.69, 9.17) is 10.00 Å². The van der Waals surface area contributed by atoms with Crippen LogP contribution in [0.2, 0.25) is 0 Å². The smallest absolute Gasteiger partial charge is 0.163 e. The fourth-order valence-electron chi connectivity index (χ4n) is 1.79. The molecule has 2 rings (SSSR count). The predicted octanol–water partition coefficient (Wildman–Crippen LogP) is 0.962. The third-order valence-electron chi connectivity index (χ3n) is 2.94.